The summed E-state index contributed by atoms with van der Waals surface area (Å²) >= 11 is 0. The second kappa shape index (κ2) is 5.59. The van der Waals surface area contributed by atoms with E-state index < -0.39 is 11.5 Å². The molecule has 0 aromatic carbocycles. The molecule has 5 heteroatoms. The molecule has 0 heterocycles. The highest BCUT2D eigenvalue weighted by Gasteiger charge is 2.38. The Labute approximate surface area is 109 Å². The van der Waals surface area contributed by atoms with Crippen LogP contribution in [0.2, 0.25) is 0 Å². The first-order valence-electron chi connectivity index (χ1n) is 6.62. The average molecular weight is 256 g/mol. The summed E-state index contributed by atoms with van der Waals surface area (Å²) in [6.07, 6.45) is 2.42. The summed E-state index contributed by atoms with van der Waals surface area (Å²) in [5.41, 5.74) is -1.18. The molecule has 1 saturated carbocycles. The standard InChI is InChI=1S/C13H24N2O3/c1-5-13(4,11(16)17)14-12(18)15(8-9(2)3)10-6-7-10/h9-10H,5-8H2,1-4H3,(H,14,18)(H,16,17). The lowest BCUT2D eigenvalue weighted by Gasteiger charge is -2.31. The first-order chi connectivity index (χ1) is 8.30. The van der Waals surface area contributed by atoms with Crippen LogP contribution in [-0.4, -0.2) is 40.1 Å². The van der Waals surface area contributed by atoms with Gasteiger partial charge < -0.3 is 15.3 Å². The van der Waals surface area contributed by atoms with Crippen molar-refractivity contribution in [3.63, 3.8) is 0 Å². The Hall–Kier alpha value is -1.26. The Morgan fingerprint density at radius 3 is 2.33 bits per heavy atom. The van der Waals surface area contributed by atoms with Gasteiger partial charge in [0.25, 0.3) is 0 Å². The van der Waals surface area contributed by atoms with Crippen molar-refractivity contribution in [2.75, 3.05) is 6.54 Å². The number of carboxylic acid groups (broad SMARTS) is 1. The van der Waals surface area contributed by atoms with Gasteiger partial charge in [0.2, 0.25) is 0 Å². The first kappa shape index (κ1) is 14.8. The van der Waals surface area contributed by atoms with Crippen molar-refractivity contribution in [2.45, 2.75) is 58.5 Å². The van der Waals surface area contributed by atoms with Crippen LogP contribution in [0.3, 0.4) is 0 Å². The average Bonchev–Trinajstić information content (AvgIpc) is 3.08. The van der Waals surface area contributed by atoms with E-state index in [1.807, 2.05) is 0 Å². The van der Waals surface area contributed by atoms with E-state index in [-0.39, 0.29) is 6.03 Å². The van der Waals surface area contributed by atoms with E-state index in [0.717, 1.165) is 12.8 Å². The smallest absolute Gasteiger partial charge is 0.329 e. The molecule has 5 nitrogen and oxygen atoms in total. The van der Waals surface area contributed by atoms with Crippen LogP contribution in [0.1, 0.15) is 47.0 Å². The number of rotatable bonds is 6. The van der Waals surface area contributed by atoms with Gasteiger partial charge in [-0.15, -0.1) is 0 Å². The van der Waals surface area contributed by atoms with Gasteiger partial charge in [0.1, 0.15) is 5.54 Å². The number of amides is 2. The third-order valence-electron chi connectivity index (χ3n) is 3.37. The summed E-state index contributed by atoms with van der Waals surface area (Å²) in [5.74, 6) is -0.604. The molecule has 2 N–H and O–H groups in total. The number of nitrogens with one attached hydrogen (secondary N) is 1. The van der Waals surface area contributed by atoms with Crippen LogP contribution in [-0.2, 0) is 4.79 Å². The van der Waals surface area contributed by atoms with Crippen LogP contribution in [0, 0.1) is 5.92 Å². The zero-order valence-electron chi connectivity index (χ0n) is 11.7. The van der Waals surface area contributed by atoms with Crippen molar-refractivity contribution in [1.29, 1.82) is 0 Å². The molecule has 1 fully saturated rings. The van der Waals surface area contributed by atoms with E-state index in [4.69, 9.17) is 5.11 Å². The molecule has 0 aliphatic heterocycles. The molecule has 0 aromatic rings. The Bertz CT molecular complexity index is 326. The molecule has 0 aromatic heterocycles. The van der Waals surface area contributed by atoms with Crippen LogP contribution in [0.4, 0.5) is 4.79 Å². The Morgan fingerprint density at radius 2 is 2.00 bits per heavy atom. The fraction of sp³-hybridized carbons (Fsp3) is 0.846. The summed E-state index contributed by atoms with van der Waals surface area (Å²) in [5, 5.41) is 11.8. The Balaban J connectivity index is 2.69. The Morgan fingerprint density at radius 1 is 1.44 bits per heavy atom. The van der Waals surface area contributed by atoms with Crippen LogP contribution in [0.15, 0.2) is 0 Å². The maximum Gasteiger partial charge on any atom is 0.329 e. The molecule has 18 heavy (non-hydrogen) atoms. The van der Waals surface area contributed by atoms with Crippen molar-refractivity contribution < 1.29 is 14.7 Å². The zero-order chi connectivity index (χ0) is 13.9. The lowest BCUT2D eigenvalue weighted by atomic mass is 9.99. The van der Waals surface area contributed by atoms with Crippen LogP contribution in [0.5, 0.6) is 0 Å². The largest absolute Gasteiger partial charge is 0.480 e. The van der Waals surface area contributed by atoms with Crippen molar-refractivity contribution in [1.82, 2.24) is 10.2 Å². The minimum atomic E-state index is -1.18. The van der Waals surface area contributed by atoms with Crippen molar-refractivity contribution >= 4 is 12.0 Å². The number of carboxylic acids is 1. The Kier molecular flexibility index (Phi) is 4.59. The maximum atomic E-state index is 12.2. The molecule has 1 unspecified atom stereocenters. The third-order valence-corrected chi connectivity index (χ3v) is 3.37. The topological polar surface area (TPSA) is 69.6 Å². The van der Waals surface area contributed by atoms with Gasteiger partial charge in [-0.25, -0.2) is 9.59 Å². The summed E-state index contributed by atoms with van der Waals surface area (Å²) in [4.78, 5) is 25.2. The number of hydrogen-bond acceptors (Lipinski definition) is 2. The van der Waals surface area contributed by atoms with Crippen LogP contribution < -0.4 is 5.32 Å². The van der Waals surface area contributed by atoms with Gasteiger partial charge in [0, 0.05) is 12.6 Å². The fourth-order valence-electron chi connectivity index (χ4n) is 1.78. The molecular weight excluding hydrogens is 232 g/mol. The predicted molar refractivity (Wildman–Crippen MR) is 69.4 cm³/mol. The minimum Gasteiger partial charge on any atom is -0.480 e. The van der Waals surface area contributed by atoms with Crippen LogP contribution in [0.25, 0.3) is 0 Å². The number of nitrogens with zero attached hydrogens (tertiary/aromatic N) is 1. The van der Waals surface area contributed by atoms with Gasteiger partial charge in [0.15, 0.2) is 0 Å². The molecule has 0 radical (unpaired) electrons. The molecule has 1 atom stereocenters. The molecule has 0 bridgehead atoms. The number of hydrogen-bond donors (Lipinski definition) is 2. The normalized spacial score (nSPS) is 18.3. The number of carbonyl (C=O) groups is 2. The van der Waals surface area contributed by atoms with Crippen molar-refractivity contribution in [2.24, 2.45) is 5.92 Å². The van der Waals surface area contributed by atoms with Crippen molar-refractivity contribution in [3.05, 3.63) is 0 Å². The summed E-state index contributed by atoms with van der Waals surface area (Å²) in [6, 6.07) is 0.0419. The third kappa shape index (κ3) is 3.62. The summed E-state index contributed by atoms with van der Waals surface area (Å²) in [6.45, 7) is 8.10. The SMILES string of the molecule is CCC(C)(NC(=O)N(CC(C)C)C1CC1)C(=O)O. The lowest BCUT2D eigenvalue weighted by Crippen LogP contribution is -2.56. The second-order valence-corrected chi connectivity index (χ2v) is 5.70. The molecule has 1 aliphatic carbocycles. The zero-order valence-corrected chi connectivity index (χ0v) is 11.7. The number of carbonyl (C=O) groups excluding carboxylic acids is 1. The van der Waals surface area contributed by atoms with Gasteiger partial charge in [-0.3, -0.25) is 0 Å². The van der Waals surface area contributed by atoms with E-state index in [1.54, 1.807) is 18.7 Å². The number of urea groups is 1. The van der Waals surface area contributed by atoms with E-state index in [1.165, 1.54) is 0 Å². The predicted octanol–water partition coefficient (Wildman–Crippen LogP) is 2.07. The summed E-state index contributed by atoms with van der Waals surface area (Å²) in [7, 11) is 0. The molecule has 0 saturated heterocycles. The quantitative estimate of drug-likeness (QED) is 0.764. The highest BCUT2D eigenvalue weighted by atomic mass is 16.4. The molecule has 104 valence electrons. The summed E-state index contributed by atoms with van der Waals surface area (Å²) < 4.78 is 0. The van der Waals surface area contributed by atoms with E-state index in [0.29, 0.717) is 24.9 Å². The minimum absolute atomic E-state index is 0.252. The highest BCUT2D eigenvalue weighted by Crippen LogP contribution is 2.28. The van der Waals surface area contributed by atoms with E-state index in [2.05, 4.69) is 19.2 Å². The van der Waals surface area contributed by atoms with Gasteiger partial charge in [-0.1, -0.05) is 20.8 Å². The van der Waals surface area contributed by atoms with Crippen molar-refractivity contribution in [3.8, 4) is 0 Å². The fourth-order valence-corrected chi connectivity index (χ4v) is 1.78. The first-order valence-corrected chi connectivity index (χ1v) is 6.62. The number of aliphatic carboxylic acids is 1. The maximum absolute atomic E-state index is 12.2. The highest BCUT2D eigenvalue weighted by molar-refractivity contribution is 5.86. The molecule has 2 amide bonds. The molecular formula is C13H24N2O3. The molecule has 0 spiro atoms. The second-order valence-electron chi connectivity index (χ2n) is 5.70. The molecule has 1 rings (SSSR count). The monoisotopic (exact) mass is 256 g/mol. The van der Waals surface area contributed by atoms with E-state index in [9.17, 15) is 9.59 Å². The van der Waals surface area contributed by atoms with E-state index >= 15 is 0 Å². The van der Waals surface area contributed by atoms with Gasteiger partial charge in [0.05, 0.1) is 0 Å². The molecule has 1 aliphatic rings. The van der Waals surface area contributed by atoms with Gasteiger partial charge >= 0.3 is 12.0 Å². The van der Waals surface area contributed by atoms with Crippen LogP contribution >= 0.6 is 0 Å². The van der Waals surface area contributed by atoms with Gasteiger partial charge in [-0.05, 0) is 32.1 Å². The lowest BCUT2D eigenvalue weighted by molar-refractivity contribution is -0.143. The van der Waals surface area contributed by atoms with Gasteiger partial charge in [-0.2, -0.15) is 0 Å².